The molecular weight excluding hydrogens is 322 g/mol. The van der Waals surface area contributed by atoms with Crippen molar-refractivity contribution >= 4 is 22.2 Å². The first kappa shape index (κ1) is 15.2. The highest BCUT2D eigenvalue weighted by Gasteiger charge is 2.40. The second-order valence-electron chi connectivity index (χ2n) is 7.08. The Morgan fingerprint density at radius 1 is 0.923 bits per heavy atom. The minimum atomic E-state index is -0.188. The van der Waals surface area contributed by atoms with Crippen LogP contribution in [-0.4, -0.2) is 10.9 Å². The van der Waals surface area contributed by atoms with E-state index in [1.807, 2.05) is 24.3 Å². The first-order valence-corrected chi connectivity index (χ1v) is 9.03. The number of anilines is 1. The van der Waals surface area contributed by atoms with Gasteiger partial charge < -0.3 is 10.4 Å². The van der Waals surface area contributed by atoms with Crippen LogP contribution in [0.25, 0.3) is 10.8 Å². The predicted octanol–water partition coefficient (Wildman–Crippen LogP) is 4.97. The van der Waals surface area contributed by atoms with E-state index in [0.717, 1.165) is 23.4 Å². The van der Waals surface area contributed by atoms with Crippen molar-refractivity contribution in [1.29, 1.82) is 0 Å². The molecule has 1 heterocycles. The Hall–Kier alpha value is -3.07. The van der Waals surface area contributed by atoms with Crippen LogP contribution in [0.5, 0.6) is 5.75 Å². The highest BCUT2D eigenvalue weighted by Crippen LogP contribution is 2.49. The Kier molecular flexibility index (Phi) is 3.35. The van der Waals surface area contributed by atoms with Crippen LogP contribution >= 0.6 is 0 Å². The summed E-state index contributed by atoms with van der Waals surface area (Å²) in [6.45, 7) is 0. The van der Waals surface area contributed by atoms with E-state index < -0.39 is 0 Å². The number of phenolic OH excluding ortho intramolecular Hbond substituents is 1. The molecule has 128 valence electrons. The van der Waals surface area contributed by atoms with Gasteiger partial charge in [0.25, 0.3) is 0 Å². The number of hydrogen-bond donors (Lipinski definition) is 2. The summed E-state index contributed by atoms with van der Waals surface area (Å²) in [7, 11) is 0. The highest BCUT2D eigenvalue weighted by molar-refractivity contribution is 5.96. The largest absolute Gasteiger partial charge is 0.508 e. The van der Waals surface area contributed by atoms with Gasteiger partial charge in [0.15, 0.2) is 0 Å². The Labute approximate surface area is 152 Å². The van der Waals surface area contributed by atoms with Gasteiger partial charge in [0, 0.05) is 23.7 Å². The number of Topliss-reactive ketones (excluding diaryl/α,β-unsaturated/α-hetero) is 1. The molecule has 0 spiro atoms. The van der Waals surface area contributed by atoms with Crippen LogP contribution in [0.3, 0.4) is 0 Å². The van der Waals surface area contributed by atoms with Crippen molar-refractivity contribution in [3.8, 4) is 5.75 Å². The van der Waals surface area contributed by atoms with Gasteiger partial charge in [-0.05, 0) is 46.5 Å². The van der Waals surface area contributed by atoms with Crippen molar-refractivity contribution in [3.05, 3.63) is 83.6 Å². The zero-order valence-corrected chi connectivity index (χ0v) is 14.3. The maximum absolute atomic E-state index is 12.9. The molecule has 0 aromatic heterocycles. The van der Waals surface area contributed by atoms with Crippen molar-refractivity contribution < 1.29 is 9.90 Å². The van der Waals surface area contributed by atoms with Crippen LogP contribution in [0.1, 0.15) is 29.9 Å². The molecule has 2 aliphatic rings. The smallest absolute Gasteiger partial charge is 0.143 e. The molecule has 2 atom stereocenters. The minimum Gasteiger partial charge on any atom is -0.508 e. The summed E-state index contributed by atoms with van der Waals surface area (Å²) in [4.78, 5) is 12.9. The summed E-state index contributed by atoms with van der Waals surface area (Å²) in [5.41, 5.74) is 4.32. The second-order valence-corrected chi connectivity index (χ2v) is 7.08. The third kappa shape index (κ3) is 2.24. The lowest BCUT2D eigenvalue weighted by Gasteiger charge is -2.38. The monoisotopic (exact) mass is 341 g/mol. The Morgan fingerprint density at radius 2 is 1.73 bits per heavy atom. The normalized spacial score (nSPS) is 21.5. The fourth-order valence-corrected chi connectivity index (χ4v) is 4.42. The van der Waals surface area contributed by atoms with Gasteiger partial charge in [0.1, 0.15) is 11.5 Å². The molecule has 0 bridgehead atoms. The number of allylic oxidation sites excluding steroid dienone is 2. The van der Waals surface area contributed by atoms with Crippen molar-refractivity contribution in [2.75, 3.05) is 5.32 Å². The number of benzene rings is 3. The van der Waals surface area contributed by atoms with Gasteiger partial charge in [-0.2, -0.15) is 0 Å². The molecule has 5 rings (SSSR count). The van der Waals surface area contributed by atoms with Crippen LogP contribution < -0.4 is 5.32 Å². The Balaban J connectivity index is 1.82. The van der Waals surface area contributed by atoms with Crippen molar-refractivity contribution in [2.45, 2.75) is 18.8 Å². The van der Waals surface area contributed by atoms with Crippen molar-refractivity contribution in [1.82, 2.24) is 0 Å². The topological polar surface area (TPSA) is 49.3 Å². The number of ketones is 1. The number of carbonyl (C=O) groups is 1. The predicted molar refractivity (Wildman–Crippen MR) is 103 cm³/mol. The molecule has 3 heteroatoms. The molecule has 0 fully saturated rings. The number of fused-ring (bicyclic) bond motifs is 4. The standard InChI is InChI=1S/C23H19NO2/c25-16-11-8-15(9-12-16)21-22-17-5-2-1-4-14(17)10-13-19(22)24-18-6-3-7-20(26)23(18)21/h1-2,4-6,8-13,21,23-25H,3,7H2. The third-order valence-corrected chi connectivity index (χ3v) is 5.58. The van der Waals surface area contributed by atoms with E-state index in [1.54, 1.807) is 12.1 Å². The highest BCUT2D eigenvalue weighted by atomic mass is 16.3. The number of hydrogen-bond acceptors (Lipinski definition) is 3. The van der Waals surface area contributed by atoms with Gasteiger partial charge in [-0.1, -0.05) is 48.5 Å². The summed E-state index contributed by atoms with van der Waals surface area (Å²) in [6.07, 6.45) is 3.55. The van der Waals surface area contributed by atoms with Gasteiger partial charge in [0.2, 0.25) is 0 Å². The molecule has 2 unspecified atom stereocenters. The Morgan fingerprint density at radius 3 is 2.58 bits per heavy atom. The molecule has 0 radical (unpaired) electrons. The van der Waals surface area contributed by atoms with Crippen LogP contribution in [0, 0.1) is 5.92 Å². The SMILES string of the molecule is O=C1CCC=C2Nc3ccc4ccccc4c3C(c3ccc(O)cc3)C12. The summed E-state index contributed by atoms with van der Waals surface area (Å²) in [6, 6.07) is 19.9. The van der Waals surface area contributed by atoms with Crippen molar-refractivity contribution in [2.24, 2.45) is 5.92 Å². The van der Waals surface area contributed by atoms with E-state index in [9.17, 15) is 9.90 Å². The fourth-order valence-electron chi connectivity index (χ4n) is 4.42. The molecule has 26 heavy (non-hydrogen) atoms. The summed E-state index contributed by atoms with van der Waals surface area (Å²) >= 11 is 0. The summed E-state index contributed by atoms with van der Waals surface area (Å²) in [5.74, 6) is 0.293. The van der Waals surface area contributed by atoms with Crippen molar-refractivity contribution in [3.63, 3.8) is 0 Å². The number of carbonyl (C=O) groups excluding carboxylic acids is 1. The molecule has 0 saturated heterocycles. The molecule has 2 N–H and O–H groups in total. The van der Waals surface area contributed by atoms with E-state index >= 15 is 0 Å². The van der Waals surface area contributed by atoms with E-state index in [-0.39, 0.29) is 23.4 Å². The maximum Gasteiger partial charge on any atom is 0.143 e. The van der Waals surface area contributed by atoms with Gasteiger partial charge in [0.05, 0.1) is 5.92 Å². The average molecular weight is 341 g/mol. The maximum atomic E-state index is 12.9. The molecule has 0 amide bonds. The van der Waals surface area contributed by atoms with Crippen LogP contribution in [0.2, 0.25) is 0 Å². The number of aromatic hydroxyl groups is 1. The molecule has 3 aromatic carbocycles. The third-order valence-electron chi connectivity index (χ3n) is 5.58. The number of nitrogens with one attached hydrogen (secondary N) is 1. The Bertz CT molecular complexity index is 1050. The second kappa shape index (κ2) is 5.73. The van der Waals surface area contributed by atoms with E-state index in [4.69, 9.17) is 0 Å². The number of phenols is 1. The molecule has 1 aliphatic heterocycles. The van der Waals surface area contributed by atoms with E-state index in [1.165, 1.54) is 16.3 Å². The van der Waals surface area contributed by atoms with Gasteiger partial charge in [-0.25, -0.2) is 0 Å². The van der Waals surface area contributed by atoms with Gasteiger partial charge >= 0.3 is 0 Å². The lowest BCUT2D eigenvalue weighted by Crippen LogP contribution is -2.34. The van der Waals surface area contributed by atoms with Gasteiger partial charge in [-0.15, -0.1) is 0 Å². The number of rotatable bonds is 1. The molecule has 0 saturated carbocycles. The van der Waals surface area contributed by atoms with E-state index in [0.29, 0.717) is 6.42 Å². The summed E-state index contributed by atoms with van der Waals surface area (Å²) < 4.78 is 0. The quantitative estimate of drug-likeness (QED) is 0.657. The van der Waals surface area contributed by atoms with Gasteiger partial charge in [-0.3, -0.25) is 4.79 Å². The molecule has 3 aromatic rings. The van der Waals surface area contributed by atoms with Crippen LogP contribution in [-0.2, 0) is 4.79 Å². The zero-order valence-electron chi connectivity index (χ0n) is 14.3. The molecule has 3 nitrogen and oxygen atoms in total. The lowest BCUT2D eigenvalue weighted by molar-refractivity contribution is -0.122. The molecular formula is C23H19NO2. The minimum absolute atomic E-state index is 0.0444. The average Bonchev–Trinajstić information content (AvgIpc) is 2.67. The van der Waals surface area contributed by atoms with Crippen LogP contribution in [0.15, 0.2) is 72.4 Å². The molecule has 1 aliphatic carbocycles. The first-order chi connectivity index (χ1) is 12.7. The van der Waals surface area contributed by atoms with E-state index in [2.05, 4.69) is 35.7 Å². The van der Waals surface area contributed by atoms with Crippen LogP contribution in [0.4, 0.5) is 5.69 Å². The zero-order chi connectivity index (χ0) is 17.7. The fraction of sp³-hybridized carbons (Fsp3) is 0.174. The summed E-state index contributed by atoms with van der Waals surface area (Å²) in [5, 5.41) is 15.6. The first-order valence-electron chi connectivity index (χ1n) is 9.03. The lowest BCUT2D eigenvalue weighted by atomic mass is 9.70.